The van der Waals surface area contributed by atoms with Gasteiger partial charge in [0.15, 0.2) is 20.9 Å². The van der Waals surface area contributed by atoms with Crippen LogP contribution in [-0.2, 0) is 30.8 Å². The van der Waals surface area contributed by atoms with Crippen LogP contribution >= 0.6 is 0 Å². The highest BCUT2D eigenvalue weighted by Gasteiger charge is 2.45. The highest BCUT2D eigenvalue weighted by molar-refractivity contribution is 7.92. The van der Waals surface area contributed by atoms with Gasteiger partial charge in [0.05, 0.1) is 18.6 Å². The molecule has 0 radical (unpaired) electrons. The molecule has 2 aliphatic heterocycles. The van der Waals surface area contributed by atoms with Crippen molar-refractivity contribution in [2.24, 2.45) is 5.41 Å². The van der Waals surface area contributed by atoms with Crippen molar-refractivity contribution < 1.29 is 32.7 Å². The average Bonchev–Trinajstić information content (AvgIpc) is 3.44. The molecule has 194 valence electrons. The summed E-state index contributed by atoms with van der Waals surface area (Å²) in [4.78, 5) is 32.5. The highest BCUT2D eigenvalue weighted by atomic mass is 32.2. The van der Waals surface area contributed by atoms with Gasteiger partial charge in [0.1, 0.15) is 0 Å². The van der Waals surface area contributed by atoms with E-state index >= 15 is 0 Å². The summed E-state index contributed by atoms with van der Waals surface area (Å²) in [6.07, 6.45) is 6.09. The highest BCUT2D eigenvalue weighted by Crippen LogP contribution is 2.44. The minimum absolute atomic E-state index is 0.0362. The maximum absolute atomic E-state index is 12.9. The van der Waals surface area contributed by atoms with E-state index in [1.54, 1.807) is 12.3 Å². The molecule has 2 amide bonds. The number of aliphatic hydroxyl groups excluding tert-OH is 1. The van der Waals surface area contributed by atoms with Crippen molar-refractivity contribution in [3.8, 4) is 23.7 Å². The van der Waals surface area contributed by atoms with Crippen molar-refractivity contribution in [2.45, 2.75) is 63.0 Å². The summed E-state index contributed by atoms with van der Waals surface area (Å²) in [5.74, 6) is 10.6. The number of carbonyl (C=O) groups excluding carboxylic acids is 2. The number of hydroxylamine groups is 1. The van der Waals surface area contributed by atoms with Gasteiger partial charge < -0.3 is 14.7 Å². The van der Waals surface area contributed by atoms with Gasteiger partial charge in [0.2, 0.25) is 0 Å². The van der Waals surface area contributed by atoms with Crippen molar-refractivity contribution in [2.75, 3.05) is 26.0 Å². The van der Waals surface area contributed by atoms with Crippen LogP contribution in [0, 0.1) is 29.1 Å². The SMILES string of the molecule is CC(CCN1Cc2cc(C#CC#CC3(CO)CC3)cn2C1=O)(C(=O)NOC1CCCCO1)S(C)(=O)=O. The Hall–Kier alpha value is -2.83. The predicted molar refractivity (Wildman–Crippen MR) is 130 cm³/mol. The van der Waals surface area contributed by atoms with Gasteiger partial charge in [-0.25, -0.2) is 23.5 Å². The molecule has 1 aromatic rings. The van der Waals surface area contributed by atoms with Crippen molar-refractivity contribution in [3.05, 3.63) is 23.5 Å². The maximum Gasteiger partial charge on any atom is 0.328 e. The molecule has 1 saturated carbocycles. The van der Waals surface area contributed by atoms with E-state index in [0.29, 0.717) is 18.6 Å². The van der Waals surface area contributed by atoms with Gasteiger partial charge in [-0.3, -0.25) is 9.36 Å². The Morgan fingerprint density at radius 3 is 2.75 bits per heavy atom. The minimum atomic E-state index is -3.83. The number of amides is 2. The fraction of sp³-hybridized carbons (Fsp3) is 0.600. The zero-order valence-corrected chi connectivity index (χ0v) is 21.3. The third-order valence-corrected chi connectivity index (χ3v) is 9.09. The number of hydrogen-bond donors (Lipinski definition) is 2. The molecule has 2 atom stereocenters. The Kier molecular flexibility index (Phi) is 7.48. The zero-order chi connectivity index (χ0) is 26.0. The summed E-state index contributed by atoms with van der Waals surface area (Å²) in [6, 6.07) is 1.47. The molecule has 1 aliphatic carbocycles. The van der Waals surface area contributed by atoms with E-state index in [0.717, 1.165) is 37.6 Å². The van der Waals surface area contributed by atoms with Crippen LogP contribution in [0.3, 0.4) is 0 Å². The van der Waals surface area contributed by atoms with Gasteiger partial charge in [-0.1, -0.05) is 11.8 Å². The molecule has 2 N–H and O–H groups in total. The van der Waals surface area contributed by atoms with E-state index in [1.807, 2.05) is 0 Å². The number of ether oxygens (including phenoxy) is 1. The van der Waals surface area contributed by atoms with Gasteiger partial charge in [0.25, 0.3) is 5.91 Å². The number of aliphatic hydroxyl groups is 1. The first-order valence-electron chi connectivity index (χ1n) is 12.0. The molecule has 3 aliphatic rings. The third kappa shape index (κ3) is 5.60. The summed E-state index contributed by atoms with van der Waals surface area (Å²) in [5, 5.41) is 9.29. The zero-order valence-electron chi connectivity index (χ0n) is 20.5. The number of rotatable bonds is 8. The van der Waals surface area contributed by atoms with Crippen LogP contribution in [0.2, 0.25) is 0 Å². The molecule has 1 saturated heterocycles. The second-order valence-electron chi connectivity index (χ2n) is 9.83. The summed E-state index contributed by atoms with van der Waals surface area (Å²) in [5.41, 5.74) is 3.32. The fourth-order valence-corrected chi connectivity index (χ4v) is 4.90. The molecule has 1 aromatic heterocycles. The minimum Gasteiger partial charge on any atom is -0.395 e. The van der Waals surface area contributed by atoms with Gasteiger partial charge >= 0.3 is 6.03 Å². The molecule has 0 bridgehead atoms. The molecule has 4 rings (SSSR count). The number of fused-ring (bicyclic) bond motifs is 1. The normalized spacial score (nSPS) is 21.9. The van der Waals surface area contributed by atoms with Crippen molar-refractivity contribution in [1.82, 2.24) is 14.9 Å². The van der Waals surface area contributed by atoms with E-state index < -0.39 is 26.8 Å². The first-order chi connectivity index (χ1) is 17.1. The summed E-state index contributed by atoms with van der Waals surface area (Å²) < 4.78 is 30.2. The van der Waals surface area contributed by atoms with E-state index in [1.165, 1.54) is 16.4 Å². The molecule has 0 spiro atoms. The lowest BCUT2D eigenvalue weighted by Crippen LogP contribution is -2.52. The van der Waals surface area contributed by atoms with Gasteiger partial charge in [-0.2, -0.15) is 0 Å². The molecule has 10 nitrogen and oxygen atoms in total. The molecule has 2 unspecified atom stereocenters. The lowest BCUT2D eigenvalue weighted by atomic mass is 10.1. The predicted octanol–water partition coefficient (Wildman–Crippen LogP) is 1.17. The average molecular weight is 518 g/mol. The van der Waals surface area contributed by atoms with Crippen LogP contribution in [-0.4, -0.2) is 72.0 Å². The van der Waals surface area contributed by atoms with Crippen LogP contribution in [0.25, 0.3) is 0 Å². The molecular weight excluding hydrogens is 486 g/mol. The molecule has 0 aromatic carbocycles. The van der Waals surface area contributed by atoms with Gasteiger partial charge in [-0.05, 0) is 56.9 Å². The molecule has 3 heterocycles. The van der Waals surface area contributed by atoms with E-state index in [4.69, 9.17) is 9.57 Å². The first kappa shape index (κ1) is 26.2. The van der Waals surface area contributed by atoms with Crippen LogP contribution in [0.15, 0.2) is 12.3 Å². The summed E-state index contributed by atoms with van der Waals surface area (Å²) in [7, 11) is -3.83. The van der Waals surface area contributed by atoms with Crippen molar-refractivity contribution >= 4 is 21.8 Å². The van der Waals surface area contributed by atoms with Crippen molar-refractivity contribution in [1.29, 1.82) is 0 Å². The summed E-state index contributed by atoms with van der Waals surface area (Å²) >= 11 is 0. The van der Waals surface area contributed by atoms with Crippen LogP contribution in [0.1, 0.15) is 56.7 Å². The van der Waals surface area contributed by atoms with E-state index in [9.17, 15) is 23.1 Å². The Morgan fingerprint density at radius 2 is 2.14 bits per heavy atom. The Balaban J connectivity index is 1.36. The number of carbonyl (C=O) groups is 2. The first-order valence-corrected chi connectivity index (χ1v) is 13.9. The molecule has 11 heteroatoms. The third-order valence-electron chi connectivity index (χ3n) is 7.06. The van der Waals surface area contributed by atoms with Crippen LogP contribution in [0.5, 0.6) is 0 Å². The number of hydrogen-bond acceptors (Lipinski definition) is 7. The quantitative estimate of drug-likeness (QED) is 0.391. The molecular formula is C25H31N3O7S. The van der Waals surface area contributed by atoms with Crippen LogP contribution in [0.4, 0.5) is 4.79 Å². The van der Waals surface area contributed by atoms with E-state index in [-0.39, 0.29) is 37.6 Å². The monoisotopic (exact) mass is 517 g/mol. The second-order valence-corrected chi connectivity index (χ2v) is 12.3. The number of nitrogens with one attached hydrogen (secondary N) is 1. The second kappa shape index (κ2) is 10.3. The van der Waals surface area contributed by atoms with Gasteiger partial charge in [-0.15, -0.1) is 0 Å². The Labute approximate surface area is 211 Å². The van der Waals surface area contributed by atoms with E-state index in [2.05, 4.69) is 29.2 Å². The summed E-state index contributed by atoms with van der Waals surface area (Å²) in [6.45, 7) is 2.23. The Bertz CT molecular complexity index is 1250. The molecule has 2 fully saturated rings. The number of aromatic nitrogens is 1. The fourth-order valence-electron chi connectivity index (χ4n) is 4.05. The Morgan fingerprint density at radius 1 is 1.36 bits per heavy atom. The lowest BCUT2D eigenvalue weighted by Gasteiger charge is -2.29. The van der Waals surface area contributed by atoms with Gasteiger partial charge in [0, 0.05) is 43.3 Å². The smallest absolute Gasteiger partial charge is 0.328 e. The maximum atomic E-state index is 12.9. The van der Waals surface area contributed by atoms with Crippen LogP contribution < -0.4 is 5.48 Å². The molecule has 36 heavy (non-hydrogen) atoms. The number of nitrogens with zero attached hydrogens (tertiary/aromatic N) is 2. The standard InChI is InChI=1S/C25H31N3O7S/c1-24(36(2,32)33,22(30)26-35-21-8-4-6-14-34-21)12-13-27-17-20-15-19(16-28(20)23(27)31)7-3-5-9-25(18-29)10-11-25/h15-16,21,29H,4,6,8,10-14,17-18H2,1-2H3,(H,26,30). The lowest BCUT2D eigenvalue weighted by molar-refractivity contribution is -0.201. The largest absolute Gasteiger partial charge is 0.395 e. The topological polar surface area (TPSA) is 127 Å². The van der Waals surface area contributed by atoms with Crippen molar-refractivity contribution in [3.63, 3.8) is 0 Å². The number of sulfone groups is 1.